The molecule has 1 aromatic rings. The lowest BCUT2D eigenvalue weighted by molar-refractivity contribution is 0.311. The molecule has 1 aromatic carbocycles. The van der Waals surface area contributed by atoms with Crippen LogP contribution in [0.4, 0.5) is 5.69 Å². The molecule has 2 unspecified atom stereocenters. The van der Waals surface area contributed by atoms with E-state index < -0.39 is 0 Å². The van der Waals surface area contributed by atoms with Crippen LogP contribution in [0.25, 0.3) is 0 Å². The first-order valence-electron chi connectivity index (χ1n) is 5.97. The number of hydrogen-bond acceptors (Lipinski definition) is 3. The highest BCUT2D eigenvalue weighted by Crippen LogP contribution is 2.48. The fourth-order valence-electron chi connectivity index (χ4n) is 2.51. The Labute approximate surface area is 96.2 Å². The minimum absolute atomic E-state index is 0.686. The van der Waals surface area contributed by atoms with Crippen molar-refractivity contribution in [3.63, 3.8) is 0 Å². The van der Waals surface area contributed by atoms with E-state index >= 15 is 0 Å². The number of anilines is 1. The van der Waals surface area contributed by atoms with Gasteiger partial charge in [0.05, 0.1) is 12.2 Å². The molecule has 3 heteroatoms. The topological polar surface area (TPSA) is 38.5 Å². The van der Waals surface area contributed by atoms with Crippen LogP contribution in [0.2, 0.25) is 0 Å². The molecular weight excluding hydrogens is 200 g/mol. The molecule has 0 radical (unpaired) electrons. The third-order valence-electron chi connectivity index (χ3n) is 3.73. The van der Waals surface area contributed by atoms with Crippen molar-refractivity contribution in [2.24, 2.45) is 11.7 Å². The summed E-state index contributed by atoms with van der Waals surface area (Å²) in [4.78, 5) is 2.27. The van der Waals surface area contributed by atoms with Crippen LogP contribution < -0.4 is 15.4 Å². The summed E-state index contributed by atoms with van der Waals surface area (Å²) in [6, 6.07) is 6.57. The largest absolute Gasteiger partial charge is 0.490 e. The van der Waals surface area contributed by atoms with Gasteiger partial charge in [0.1, 0.15) is 12.4 Å². The molecule has 0 saturated heterocycles. The van der Waals surface area contributed by atoms with Crippen LogP contribution in [0, 0.1) is 5.92 Å². The van der Waals surface area contributed by atoms with Gasteiger partial charge in [-0.3, -0.25) is 0 Å². The van der Waals surface area contributed by atoms with Crippen LogP contribution in [0.15, 0.2) is 18.2 Å². The summed E-state index contributed by atoms with van der Waals surface area (Å²) in [6.45, 7) is 2.58. The fourth-order valence-corrected chi connectivity index (χ4v) is 2.51. The van der Waals surface area contributed by atoms with Crippen LogP contribution in [0.5, 0.6) is 5.75 Å². The molecule has 0 bridgehead atoms. The molecule has 3 nitrogen and oxygen atoms in total. The first-order chi connectivity index (χ1) is 7.79. The first-order valence-corrected chi connectivity index (χ1v) is 5.97. The molecule has 16 heavy (non-hydrogen) atoms. The number of nitrogens with zero attached hydrogens (tertiary/aromatic N) is 1. The summed E-state index contributed by atoms with van der Waals surface area (Å²) in [5.74, 6) is 2.40. The Bertz CT molecular complexity index is 405. The van der Waals surface area contributed by atoms with Crippen LogP contribution in [-0.4, -0.2) is 26.7 Å². The standard InChI is InChI=1S/C13H18N2O/c1-15-4-5-16-13-3-2-9(7-12(13)15)11-6-10(11)8-14/h2-3,7,10-11H,4-6,8,14H2,1H3. The van der Waals surface area contributed by atoms with Gasteiger partial charge in [0.15, 0.2) is 0 Å². The lowest BCUT2D eigenvalue weighted by atomic mass is 10.1. The van der Waals surface area contributed by atoms with Gasteiger partial charge in [-0.1, -0.05) is 6.07 Å². The van der Waals surface area contributed by atoms with Gasteiger partial charge in [0.25, 0.3) is 0 Å². The molecule has 1 aliphatic carbocycles. The Kier molecular flexibility index (Phi) is 2.28. The van der Waals surface area contributed by atoms with Gasteiger partial charge in [0.2, 0.25) is 0 Å². The average molecular weight is 218 g/mol. The molecule has 0 spiro atoms. The predicted molar refractivity (Wildman–Crippen MR) is 65.1 cm³/mol. The Balaban J connectivity index is 1.89. The van der Waals surface area contributed by atoms with E-state index in [2.05, 4.69) is 30.1 Å². The van der Waals surface area contributed by atoms with Crippen molar-refractivity contribution in [1.82, 2.24) is 0 Å². The second-order valence-corrected chi connectivity index (χ2v) is 4.84. The highest BCUT2D eigenvalue weighted by Gasteiger charge is 2.37. The molecule has 2 atom stereocenters. The van der Waals surface area contributed by atoms with Crippen molar-refractivity contribution >= 4 is 5.69 Å². The molecule has 3 rings (SSSR count). The summed E-state index contributed by atoms with van der Waals surface area (Å²) >= 11 is 0. The molecule has 1 aliphatic heterocycles. The van der Waals surface area contributed by atoms with E-state index in [4.69, 9.17) is 10.5 Å². The molecule has 1 heterocycles. The maximum atomic E-state index is 5.69. The van der Waals surface area contributed by atoms with E-state index in [1.807, 2.05) is 0 Å². The van der Waals surface area contributed by atoms with Gasteiger partial charge in [-0.25, -0.2) is 0 Å². The SMILES string of the molecule is CN1CCOc2ccc(C3CC3CN)cc21. The van der Waals surface area contributed by atoms with Crippen LogP contribution in [0.1, 0.15) is 17.9 Å². The van der Waals surface area contributed by atoms with Crippen molar-refractivity contribution in [1.29, 1.82) is 0 Å². The van der Waals surface area contributed by atoms with Crippen molar-refractivity contribution in [3.05, 3.63) is 23.8 Å². The fraction of sp³-hybridized carbons (Fsp3) is 0.538. The number of fused-ring (bicyclic) bond motifs is 1. The zero-order valence-corrected chi connectivity index (χ0v) is 9.65. The summed E-state index contributed by atoms with van der Waals surface area (Å²) in [6.07, 6.45) is 1.25. The summed E-state index contributed by atoms with van der Waals surface area (Å²) in [7, 11) is 2.12. The quantitative estimate of drug-likeness (QED) is 0.819. The number of nitrogens with two attached hydrogens (primary N) is 1. The van der Waals surface area contributed by atoms with Gasteiger partial charge >= 0.3 is 0 Å². The second kappa shape index (κ2) is 3.67. The molecule has 2 N–H and O–H groups in total. The lowest BCUT2D eigenvalue weighted by Gasteiger charge is -2.28. The molecule has 0 aromatic heterocycles. The summed E-state index contributed by atoms with van der Waals surface area (Å²) in [5.41, 5.74) is 8.34. The van der Waals surface area contributed by atoms with Crippen molar-refractivity contribution in [2.45, 2.75) is 12.3 Å². The Morgan fingerprint density at radius 3 is 3.12 bits per heavy atom. The zero-order valence-electron chi connectivity index (χ0n) is 9.65. The lowest BCUT2D eigenvalue weighted by Crippen LogP contribution is -2.28. The molecule has 1 saturated carbocycles. The van der Waals surface area contributed by atoms with E-state index in [1.54, 1.807) is 0 Å². The highest BCUT2D eigenvalue weighted by atomic mass is 16.5. The maximum Gasteiger partial charge on any atom is 0.142 e. The molecular formula is C13H18N2O. The number of hydrogen-bond donors (Lipinski definition) is 1. The molecule has 0 amide bonds. The molecule has 1 fully saturated rings. The first kappa shape index (κ1) is 9.97. The van der Waals surface area contributed by atoms with Crippen LogP contribution in [-0.2, 0) is 0 Å². The average Bonchev–Trinajstić information content (AvgIpc) is 3.08. The number of rotatable bonds is 2. The van der Waals surface area contributed by atoms with Crippen molar-refractivity contribution in [3.8, 4) is 5.75 Å². The number of ether oxygens (including phenoxy) is 1. The van der Waals surface area contributed by atoms with E-state index in [1.165, 1.54) is 17.7 Å². The van der Waals surface area contributed by atoms with Crippen molar-refractivity contribution in [2.75, 3.05) is 31.6 Å². The van der Waals surface area contributed by atoms with E-state index in [0.717, 1.165) is 25.4 Å². The maximum absolute atomic E-state index is 5.69. The second-order valence-electron chi connectivity index (χ2n) is 4.84. The normalized spacial score (nSPS) is 27.2. The zero-order chi connectivity index (χ0) is 11.1. The molecule has 2 aliphatic rings. The Morgan fingerprint density at radius 1 is 1.50 bits per heavy atom. The van der Waals surface area contributed by atoms with Crippen LogP contribution in [0.3, 0.4) is 0 Å². The predicted octanol–water partition coefficient (Wildman–Crippen LogP) is 1.58. The van der Waals surface area contributed by atoms with E-state index in [9.17, 15) is 0 Å². The Hall–Kier alpha value is -1.22. The van der Waals surface area contributed by atoms with E-state index in [0.29, 0.717) is 11.8 Å². The number of likely N-dealkylation sites (N-methyl/N-ethyl adjacent to an activating group) is 1. The van der Waals surface area contributed by atoms with Crippen LogP contribution >= 0.6 is 0 Å². The third kappa shape index (κ3) is 1.55. The third-order valence-corrected chi connectivity index (χ3v) is 3.73. The number of benzene rings is 1. The Morgan fingerprint density at radius 2 is 2.38 bits per heavy atom. The van der Waals surface area contributed by atoms with Gasteiger partial charge in [-0.15, -0.1) is 0 Å². The smallest absolute Gasteiger partial charge is 0.142 e. The minimum atomic E-state index is 0.686. The van der Waals surface area contributed by atoms with Gasteiger partial charge in [-0.05, 0) is 42.5 Å². The van der Waals surface area contributed by atoms with Gasteiger partial charge in [-0.2, -0.15) is 0 Å². The molecule has 86 valence electrons. The monoisotopic (exact) mass is 218 g/mol. The highest BCUT2D eigenvalue weighted by molar-refractivity contribution is 5.61. The van der Waals surface area contributed by atoms with Gasteiger partial charge in [0, 0.05) is 7.05 Å². The van der Waals surface area contributed by atoms with E-state index in [-0.39, 0.29) is 0 Å². The minimum Gasteiger partial charge on any atom is -0.490 e. The summed E-state index contributed by atoms with van der Waals surface area (Å²) in [5, 5.41) is 0. The summed E-state index contributed by atoms with van der Waals surface area (Å²) < 4.78 is 5.64. The van der Waals surface area contributed by atoms with Gasteiger partial charge < -0.3 is 15.4 Å². The van der Waals surface area contributed by atoms with Crippen molar-refractivity contribution < 1.29 is 4.74 Å².